The highest BCUT2D eigenvalue weighted by Crippen LogP contribution is 2.14. The minimum atomic E-state index is -1.02. The Bertz CT molecular complexity index is 793. The van der Waals surface area contributed by atoms with Crippen LogP contribution in [-0.4, -0.2) is 41.6 Å². The second-order valence-corrected chi connectivity index (χ2v) is 11.9. The Morgan fingerprint density at radius 3 is 1.95 bits per heavy atom. The van der Waals surface area contributed by atoms with E-state index in [9.17, 15) is 19.5 Å². The van der Waals surface area contributed by atoms with Crippen molar-refractivity contribution in [2.45, 2.75) is 174 Å². The molecule has 0 aliphatic heterocycles. The first kappa shape index (κ1) is 41.6. The number of nitrogens with two attached hydrogens (primary N) is 1. The molecule has 0 saturated heterocycles. The van der Waals surface area contributed by atoms with E-state index >= 15 is 0 Å². The van der Waals surface area contributed by atoms with E-state index in [4.69, 9.17) is 10.5 Å². The third-order valence-electron chi connectivity index (χ3n) is 7.64. The van der Waals surface area contributed by atoms with Crippen LogP contribution in [-0.2, 0) is 19.1 Å². The monoisotopic (exact) mass is 618 g/mol. The molecule has 0 aromatic heterocycles. The molecule has 7 nitrogen and oxygen atoms in total. The van der Waals surface area contributed by atoms with Gasteiger partial charge in [0.15, 0.2) is 0 Å². The smallest absolute Gasteiger partial charge is 0.326 e. The summed E-state index contributed by atoms with van der Waals surface area (Å²) >= 11 is 0. The number of amides is 1. The molecule has 0 radical (unpaired) electrons. The fourth-order valence-electron chi connectivity index (χ4n) is 4.93. The molecule has 0 bridgehead atoms. The standard InChI is InChI=1S/C37H66N2O5/c1-3-5-7-9-11-12-13-14-15-16-17-19-25-31-36(41)44-33(27-22-18-10-8-6-4-2)28-23-20-21-24-30-35(40)39-34(37(42)43)29-26-32-38/h8,10,12-13,22,27,33-34H,3-7,9,11,14-21,23-26,28-32,38H2,1-2H3,(H,39,40)(H,42,43)/b10-8-,13-12-,27-22-. The number of carboxylic acid groups (broad SMARTS) is 1. The molecule has 0 aromatic carbocycles. The zero-order valence-corrected chi connectivity index (χ0v) is 28.2. The summed E-state index contributed by atoms with van der Waals surface area (Å²) in [4.78, 5) is 36.0. The molecule has 0 aliphatic rings. The minimum Gasteiger partial charge on any atom is -0.480 e. The van der Waals surface area contributed by atoms with Gasteiger partial charge in [-0.05, 0) is 89.7 Å². The summed E-state index contributed by atoms with van der Waals surface area (Å²) in [5.41, 5.74) is 5.46. The number of hydrogen-bond acceptors (Lipinski definition) is 5. The number of carbonyl (C=O) groups is 3. The van der Waals surface area contributed by atoms with Crippen LogP contribution in [0.25, 0.3) is 0 Å². The van der Waals surface area contributed by atoms with Gasteiger partial charge >= 0.3 is 11.9 Å². The number of carboxylic acids is 1. The number of allylic oxidation sites excluding steroid dienone is 5. The van der Waals surface area contributed by atoms with Gasteiger partial charge in [0.1, 0.15) is 12.1 Å². The summed E-state index contributed by atoms with van der Waals surface area (Å²) in [6.45, 7) is 4.81. The Morgan fingerprint density at radius 1 is 0.682 bits per heavy atom. The van der Waals surface area contributed by atoms with Crippen molar-refractivity contribution in [2.24, 2.45) is 5.73 Å². The van der Waals surface area contributed by atoms with Crippen molar-refractivity contribution in [3.05, 3.63) is 36.5 Å². The highest BCUT2D eigenvalue weighted by Gasteiger charge is 2.18. The molecule has 2 unspecified atom stereocenters. The molecular formula is C37H66N2O5. The Kier molecular flexibility index (Phi) is 30.2. The van der Waals surface area contributed by atoms with Crippen molar-refractivity contribution >= 4 is 17.8 Å². The second-order valence-electron chi connectivity index (χ2n) is 11.9. The summed E-state index contributed by atoms with van der Waals surface area (Å²) < 4.78 is 5.84. The molecule has 0 rings (SSSR count). The van der Waals surface area contributed by atoms with Crippen LogP contribution >= 0.6 is 0 Å². The summed E-state index contributed by atoms with van der Waals surface area (Å²) in [5.74, 6) is -1.37. The van der Waals surface area contributed by atoms with Crippen LogP contribution in [0, 0.1) is 0 Å². The van der Waals surface area contributed by atoms with Crippen LogP contribution < -0.4 is 11.1 Å². The van der Waals surface area contributed by atoms with E-state index in [2.05, 4.69) is 49.5 Å². The lowest BCUT2D eigenvalue weighted by Gasteiger charge is -2.15. The van der Waals surface area contributed by atoms with Gasteiger partial charge in [0.05, 0.1) is 0 Å². The Labute approximate surface area is 269 Å². The predicted octanol–water partition coefficient (Wildman–Crippen LogP) is 9.11. The number of hydrogen-bond donors (Lipinski definition) is 3. The maximum atomic E-state index is 12.6. The molecule has 0 saturated carbocycles. The number of aliphatic carboxylic acids is 1. The number of carbonyl (C=O) groups excluding carboxylic acids is 2. The first-order valence-corrected chi connectivity index (χ1v) is 17.8. The second kappa shape index (κ2) is 32.0. The predicted molar refractivity (Wildman–Crippen MR) is 183 cm³/mol. The molecule has 4 N–H and O–H groups in total. The Hall–Kier alpha value is -2.41. The number of rotatable bonds is 31. The molecule has 1 amide bonds. The molecule has 2 atom stereocenters. The zero-order valence-electron chi connectivity index (χ0n) is 28.2. The average Bonchev–Trinajstić information content (AvgIpc) is 3.00. The molecule has 44 heavy (non-hydrogen) atoms. The van der Waals surface area contributed by atoms with Gasteiger partial charge in [-0.25, -0.2) is 4.79 Å². The maximum Gasteiger partial charge on any atom is 0.326 e. The molecular weight excluding hydrogens is 552 g/mol. The number of unbranched alkanes of at least 4 members (excludes halogenated alkanes) is 13. The lowest BCUT2D eigenvalue weighted by molar-refractivity contribution is -0.147. The summed E-state index contributed by atoms with van der Waals surface area (Å²) in [6.07, 6.45) is 34.9. The third kappa shape index (κ3) is 28.4. The lowest BCUT2D eigenvalue weighted by atomic mass is 10.1. The fourth-order valence-corrected chi connectivity index (χ4v) is 4.93. The van der Waals surface area contributed by atoms with Crippen LogP contribution in [0.5, 0.6) is 0 Å². The van der Waals surface area contributed by atoms with Gasteiger partial charge in [0.2, 0.25) is 5.91 Å². The van der Waals surface area contributed by atoms with Crippen molar-refractivity contribution < 1.29 is 24.2 Å². The maximum absolute atomic E-state index is 12.6. The Morgan fingerprint density at radius 2 is 1.30 bits per heavy atom. The molecule has 0 fully saturated rings. The van der Waals surface area contributed by atoms with Gasteiger partial charge in [0, 0.05) is 12.8 Å². The SMILES string of the molecule is CCC/C=C\C/C=C\C(CCCCCCC(=O)NC(CCCN)C(=O)O)OC(=O)CCCCCCC/C=C\CCCCCC. The van der Waals surface area contributed by atoms with Crippen molar-refractivity contribution in [1.82, 2.24) is 5.32 Å². The average molecular weight is 619 g/mol. The molecule has 0 aliphatic carbocycles. The van der Waals surface area contributed by atoms with Gasteiger partial charge in [0.25, 0.3) is 0 Å². The van der Waals surface area contributed by atoms with Crippen LogP contribution in [0.3, 0.4) is 0 Å². The first-order chi connectivity index (χ1) is 21.4. The van der Waals surface area contributed by atoms with E-state index < -0.39 is 12.0 Å². The molecule has 7 heteroatoms. The van der Waals surface area contributed by atoms with E-state index in [1.54, 1.807) is 0 Å². The Balaban J connectivity index is 4.29. The normalized spacial score (nSPS) is 13.2. The highest BCUT2D eigenvalue weighted by atomic mass is 16.5. The number of nitrogens with one attached hydrogen (secondary N) is 1. The van der Waals surface area contributed by atoms with Gasteiger partial charge in [-0.3, -0.25) is 9.59 Å². The van der Waals surface area contributed by atoms with Crippen LogP contribution in [0.2, 0.25) is 0 Å². The summed E-state index contributed by atoms with van der Waals surface area (Å²) in [6, 6.07) is -0.873. The molecule has 254 valence electrons. The fraction of sp³-hybridized carbons (Fsp3) is 0.757. The van der Waals surface area contributed by atoms with Crippen molar-refractivity contribution in [3.63, 3.8) is 0 Å². The minimum absolute atomic E-state index is 0.119. The van der Waals surface area contributed by atoms with Gasteiger partial charge in [-0.2, -0.15) is 0 Å². The van der Waals surface area contributed by atoms with Crippen LogP contribution in [0.1, 0.15) is 162 Å². The van der Waals surface area contributed by atoms with Crippen molar-refractivity contribution in [2.75, 3.05) is 6.54 Å². The van der Waals surface area contributed by atoms with Gasteiger partial charge < -0.3 is 20.9 Å². The van der Waals surface area contributed by atoms with Crippen molar-refractivity contribution in [1.29, 1.82) is 0 Å². The van der Waals surface area contributed by atoms with E-state index in [0.29, 0.717) is 38.6 Å². The van der Waals surface area contributed by atoms with Gasteiger partial charge in [-0.15, -0.1) is 0 Å². The number of ether oxygens (including phenoxy) is 1. The van der Waals surface area contributed by atoms with E-state index in [0.717, 1.165) is 70.6 Å². The third-order valence-corrected chi connectivity index (χ3v) is 7.64. The van der Waals surface area contributed by atoms with Crippen LogP contribution in [0.15, 0.2) is 36.5 Å². The molecule has 0 aromatic rings. The highest BCUT2D eigenvalue weighted by molar-refractivity contribution is 5.83. The van der Waals surface area contributed by atoms with E-state index in [-0.39, 0.29) is 18.0 Å². The quantitative estimate of drug-likeness (QED) is 0.0405. The van der Waals surface area contributed by atoms with E-state index in [1.165, 1.54) is 44.9 Å². The lowest BCUT2D eigenvalue weighted by Crippen LogP contribution is -2.40. The van der Waals surface area contributed by atoms with E-state index in [1.807, 2.05) is 6.08 Å². The topological polar surface area (TPSA) is 119 Å². The van der Waals surface area contributed by atoms with Gasteiger partial charge in [-0.1, -0.05) is 102 Å². The molecule has 0 spiro atoms. The van der Waals surface area contributed by atoms with Crippen LogP contribution in [0.4, 0.5) is 0 Å². The molecule has 0 heterocycles. The summed E-state index contributed by atoms with van der Waals surface area (Å²) in [5, 5.41) is 11.9. The number of esters is 1. The van der Waals surface area contributed by atoms with Crippen molar-refractivity contribution in [3.8, 4) is 0 Å². The zero-order chi connectivity index (χ0) is 32.5. The largest absolute Gasteiger partial charge is 0.480 e. The first-order valence-electron chi connectivity index (χ1n) is 17.8. The summed E-state index contributed by atoms with van der Waals surface area (Å²) in [7, 11) is 0.